The van der Waals surface area contributed by atoms with Gasteiger partial charge in [-0.2, -0.15) is 0 Å². The standard InChI is InChI=1S/C21H26O4/c1-21(2)9-8-17-19(25-21)7-4-13-10-14(12-24-20(13)17)16-6-5-15(23-3)11-18(16)22/h4-6,11,14,19,22H,7-10,12H2,1-3H3/t14-,19?/m1/s1. The van der Waals surface area contributed by atoms with E-state index in [0.29, 0.717) is 12.4 Å². The molecule has 0 saturated carbocycles. The van der Waals surface area contributed by atoms with Crippen LogP contribution in [-0.4, -0.2) is 30.5 Å². The van der Waals surface area contributed by atoms with Gasteiger partial charge in [0.15, 0.2) is 0 Å². The lowest BCUT2D eigenvalue weighted by Crippen LogP contribution is -2.39. The fraction of sp³-hybridized carbons (Fsp3) is 0.524. The first kappa shape index (κ1) is 16.5. The van der Waals surface area contributed by atoms with E-state index in [0.717, 1.165) is 37.0 Å². The molecule has 1 N–H and O–H groups in total. The Balaban J connectivity index is 1.56. The highest BCUT2D eigenvalue weighted by Gasteiger charge is 2.38. The topological polar surface area (TPSA) is 47.9 Å². The molecule has 0 bridgehead atoms. The van der Waals surface area contributed by atoms with Crippen LogP contribution >= 0.6 is 0 Å². The molecule has 25 heavy (non-hydrogen) atoms. The van der Waals surface area contributed by atoms with Crippen molar-refractivity contribution in [2.24, 2.45) is 0 Å². The Morgan fingerprint density at radius 2 is 2.12 bits per heavy atom. The van der Waals surface area contributed by atoms with E-state index in [2.05, 4.69) is 19.9 Å². The minimum absolute atomic E-state index is 0.0494. The number of phenolic OH excluding ortho intramolecular Hbond substituents is 1. The number of phenols is 1. The van der Waals surface area contributed by atoms with Gasteiger partial charge in [-0.3, -0.25) is 0 Å². The number of hydrogen-bond acceptors (Lipinski definition) is 4. The number of methoxy groups -OCH3 is 1. The maximum Gasteiger partial charge on any atom is 0.124 e. The van der Waals surface area contributed by atoms with Gasteiger partial charge < -0.3 is 19.3 Å². The molecule has 3 aliphatic rings. The van der Waals surface area contributed by atoms with Crippen molar-refractivity contribution in [1.82, 2.24) is 0 Å². The molecule has 1 aromatic rings. The zero-order valence-electron chi connectivity index (χ0n) is 15.2. The SMILES string of the molecule is COc1ccc([C@H]2COC3=C4CCC(C)(C)OC4CC=C3C2)c(O)c1. The molecule has 0 amide bonds. The molecule has 0 radical (unpaired) electrons. The predicted octanol–water partition coefficient (Wildman–Crippen LogP) is 4.45. The van der Waals surface area contributed by atoms with Crippen molar-refractivity contribution >= 4 is 0 Å². The van der Waals surface area contributed by atoms with E-state index in [1.54, 1.807) is 13.2 Å². The summed E-state index contributed by atoms with van der Waals surface area (Å²) in [6, 6.07) is 5.51. The molecule has 4 rings (SSSR count). The molecule has 4 nitrogen and oxygen atoms in total. The smallest absolute Gasteiger partial charge is 0.124 e. The maximum atomic E-state index is 10.3. The van der Waals surface area contributed by atoms with Crippen molar-refractivity contribution in [3.8, 4) is 11.5 Å². The largest absolute Gasteiger partial charge is 0.508 e. The van der Waals surface area contributed by atoms with Crippen LogP contribution in [0.1, 0.15) is 51.0 Å². The molecular formula is C21H26O4. The monoisotopic (exact) mass is 342 g/mol. The van der Waals surface area contributed by atoms with Crippen molar-refractivity contribution in [2.75, 3.05) is 13.7 Å². The van der Waals surface area contributed by atoms with E-state index >= 15 is 0 Å². The van der Waals surface area contributed by atoms with Crippen molar-refractivity contribution in [2.45, 2.75) is 57.2 Å². The van der Waals surface area contributed by atoms with Crippen LogP contribution in [0.4, 0.5) is 0 Å². The number of aromatic hydroxyl groups is 1. The fourth-order valence-electron chi connectivity index (χ4n) is 4.18. The molecule has 2 saturated heterocycles. The zero-order valence-corrected chi connectivity index (χ0v) is 15.2. The number of hydrogen-bond donors (Lipinski definition) is 1. The quantitative estimate of drug-likeness (QED) is 0.863. The number of allylic oxidation sites excluding steroid dienone is 1. The Labute approximate surface area is 149 Å². The third-order valence-corrected chi connectivity index (χ3v) is 5.58. The highest BCUT2D eigenvalue weighted by atomic mass is 16.5. The second-order valence-electron chi connectivity index (χ2n) is 7.82. The molecule has 2 aliphatic heterocycles. The lowest BCUT2D eigenvalue weighted by Gasteiger charge is -2.42. The van der Waals surface area contributed by atoms with Gasteiger partial charge in [-0.15, -0.1) is 0 Å². The summed E-state index contributed by atoms with van der Waals surface area (Å²) in [4.78, 5) is 0. The van der Waals surface area contributed by atoms with Gasteiger partial charge in [0.25, 0.3) is 0 Å². The van der Waals surface area contributed by atoms with Gasteiger partial charge >= 0.3 is 0 Å². The fourth-order valence-corrected chi connectivity index (χ4v) is 4.18. The Bertz CT molecular complexity index is 744. The second-order valence-corrected chi connectivity index (χ2v) is 7.82. The van der Waals surface area contributed by atoms with Gasteiger partial charge in [-0.05, 0) is 51.2 Å². The van der Waals surface area contributed by atoms with Crippen molar-refractivity contribution < 1.29 is 19.3 Å². The summed E-state index contributed by atoms with van der Waals surface area (Å²) in [5, 5.41) is 10.3. The lowest BCUT2D eigenvalue weighted by atomic mass is 9.80. The summed E-state index contributed by atoms with van der Waals surface area (Å²) in [6.07, 6.45) is 6.31. The number of ether oxygens (including phenoxy) is 3. The normalized spacial score (nSPS) is 27.7. The molecule has 2 atom stereocenters. The van der Waals surface area contributed by atoms with Crippen LogP contribution in [0.3, 0.4) is 0 Å². The Hall–Kier alpha value is -1.94. The van der Waals surface area contributed by atoms with E-state index in [1.807, 2.05) is 12.1 Å². The highest BCUT2D eigenvalue weighted by molar-refractivity contribution is 5.46. The van der Waals surface area contributed by atoms with E-state index < -0.39 is 0 Å². The Kier molecular flexibility index (Phi) is 4.03. The van der Waals surface area contributed by atoms with Crippen LogP contribution in [0.15, 0.2) is 41.2 Å². The summed E-state index contributed by atoms with van der Waals surface area (Å²) >= 11 is 0. The highest BCUT2D eigenvalue weighted by Crippen LogP contribution is 2.45. The van der Waals surface area contributed by atoms with Crippen LogP contribution in [0.25, 0.3) is 0 Å². The number of benzene rings is 1. The summed E-state index contributed by atoms with van der Waals surface area (Å²) in [6.45, 7) is 4.92. The maximum absolute atomic E-state index is 10.3. The van der Waals surface area contributed by atoms with E-state index in [1.165, 1.54) is 11.1 Å². The first-order valence-electron chi connectivity index (χ1n) is 9.07. The first-order chi connectivity index (χ1) is 12.0. The third kappa shape index (κ3) is 3.04. The van der Waals surface area contributed by atoms with Crippen molar-refractivity contribution in [3.05, 3.63) is 46.7 Å². The molecule has 2 heterocycles. The van der Waals surface area contributed by atoms with Gasteiger partial charge in [-0.1, -0.05) is 12.1 Å². The average Bonchev–Trinajstić information content (AvgIpc) is 2.60. The summed E-state index contributed by atoms with van der Waals surface area (Å²) < 4.78 is 17.6. The van der Waals surface area contributed by atoms with E-state index in [-0.39, 0.29) is 23.4 Å². The van der Waals surface area contributed by atoms with Gasteiger partial charge in [-0.25, -0.2) is 0 Å². The average molecular weight is 342 g/mol. The molecule has 134 valence electrons. The van der Waals surface area contributed by atoms with Crippen LogP contribution in [0, 0.1) is 0 Å². The molecule has 0 aromatic heterocycles. The number of rotatable bonds is 2. The lowest BCUT2D eigenvalue weighted by molar-refractivity contribution is -0.0828. The van der Waals surface area contributed by atoms with Gasteiger partial charge in [0.05, 0.1) is 25.4 Å². The third-order valence-electron chi connectivity index (χ3n) is 5.58. The van der Waals surface area contributed by atoms with E-state index in [4.69, 9.17) is 14.2 Å². The minimum Gasteiger partial charge on any atom is -0.508 e. The molecule has 4 heteroatoms. The van der Waals surface area contributed by atoms with Gasteiger partial charge in [0.2, 0.25) is 0 Å². The van der Waals surface area contributed by atoms with Crippen LogP contribution < -0.4 is 4.74 Å². The van der Waals surface area contributed by atoms with Crippen molar-refractivity contribution in [3.63, 3.8) is 0 Å². The van der Waals surface area contributed by atoms with Crippen LogP contribution in [0.5, 0.6) is 11.5 Å². The molecule has 1 aliphatic carbocycles. The van der Waals surface area contributed by atoms with E-state index in [9.17, 15) is 5.11 Å². The van der Waals surface area contributed by atoms with Crippen LogP contribution in [-0.2, 0) is 9.47 Å². The zero-order chi connectivity index (χ0) is 17.6. The second kappa shape index (κ2) is 6.10. The predicted molar refractivity (Wildman–Crippen MR) is 95.9 cm³/mol. The molecular weight excluding hydrogens is 316 g/mol. The Morgan fingerprint density at radius 3 is 2.88 bits per heavy atom. The number of fused-ring (bicyclic) bond motifs is 2. The molecule has 1 unspecified atom stereocenters. The van der Waals surface area contributed by atoms with Crippen LogP contribution in [0.2, 0.25) is 0 Å². The molecule has 1 aromatic carbocycles. The van der Waals surface area contributed by atoms with Gasteiger partial charge in [0, 0.05) is 23.1 Å². The summed E-state index contributed by atoms with van der Waals surface area (Å²) in [7, 11) is 1.60. The van der Waals surface area contributed by atoms with Gasteiger partial charge in [0.1, 0.15) is 17.3 Å². The van der Waals surface area contributed by atoms with Crippen molar-refractivity contribution in [1.29, 1.82) is 0 Å². The minimum atomic E-state index is -0.0494. The summed E-state index contributed by atoms with van der Waals surface area (Å²) in [5.74, 6) is 2.17. The Morgan fingerprint density at radius 1 is 1.28 bits per heavy atom. The molecule has 2 fully saturated rings. The summed E-state index contributed by atoms with van der Waals surface area (Å²) in [5.41, 5.74) is 3.47. The first-order valence-corrected chi connectivity index (χ1v) is 9.07. The molecule has 0 spiro atoms.